The summed E-state index contributed by atoms with van der Waals surface area (Å²) in [4.78, 5) is 2.54. The summed E-state index contributed by atoms with van der Waals surface area (Å²) in [6.07, 6.45) is 2.38. The van der Waals surface area contributed by atoms with Crippen molar-refractivity contribution in [3.05, 3.63) is 41.5 Å². The first-order valence-corrected chi connectivity index (χ1v) is 9.84. The van der Waals surface area contributed by atoms with Gasteiger partial charge in [-0.05, 0) is 76.3 Å². The van der Waals surface area contributed by atoms with Crippen LogP contribution in [0.4, 0.5) is 0 Å². The van der Waals surface area contributed by atoms with E-state index in [4.69, 9.17) is 19.9 Å². The quantitative estimate of drug-likeness (QED) is 0.698. The van der Waals surface area contributed by atoms with Crippen LogP contribution in [0.3, 0.4) is 0 Å². The summed E-state index contributed by atoms with van der Waals surface area (Å²) in [6, 6.07) is 10.9. The summed E-state index contributed by atoms with van der Waals surface area (Å²) in [6.45, 7) is 2.07. The number of methoxy groups -OCH3 is 3. The molecule has 0 aliphatic carbocycles. The molecule has 0 bridgehead atoms. The van der Waals surface area contributed by atoms with Crippen LogP contribution in [0.2, 0.25) is 0 Å². The summed E-state index contributed by atoms with van der Waals surface area (Å²) in [5.41, 5.74) is 9.47. The van der Waals surface area contributed by atoms with E-state index in [0.717, 1.165) is 47.5 Å². The Hall–Kier alpha value is -2.50. The third-order valence-corrected chi connectivity index (χ3v) is 6.50. The molecule has 0 saturated carbocycles. The first-order valence-electron chi connectivity index (χ1n) is 9.84. The van der Waals surface area contributed by atoms with E-state index in [0.29, 0.717) is 6.04 Å². The molecule has 2 aliphatic rings. The maximum Gasteiger partial charge on any atom is 0.161 e. The summed E-state index contributed by atoms with van der Waals surface area (Å²) in [5, 5.41) is 4.70. The molecule has 0 aromatic heterocycles. The Labute approximate surface area is 165 Å². The van der Waals surface area contributed by atoms with Gasteiger partial charge in [-0.1, -0.05) is 6.07 Å². The van der Waals surface area contributed by atoms with Gasteiger partial charge in [-0.2, -0.15) is 0 Å². The van der Waals surface area contributed by atoms with Crippen molar-refractivity contribution in [1.29, 1.82) is 0 Å². The minimum Gasteiger partial charge on any atom is -0.497 e. The van der Waals surface area contributed by atoms with E-state index in [1.807, 2.05) is 6.07 Å². The van der Waals surface area contributed by atoms with Crippen molar-refractivity contribution in [3.63, 3.8) is 0 Å². The Balaban J connectivity index is 1.92. The molecule has 5 rings (SSSR count). The van der Waals surface area contributed by atoms with Gasteiger partial charge in [0.15, 0.2) is 11.5 Å². The van der Waals surface area contributed by atoms with Crippen molar-refractivity contribution >= 4 is 21.5 Å². The van der Waals surface area contributed by atoms with E-state index in [2.05, 4.69) is 29.2 Å². The van der Waals surface area contributed by atoms with Gasteiger partial charge in [0.05, 0.1) is 21.3 Å². The minimum absolute atomic E-state index is 0.00153. The van der Waals surface area contributed by atoms with E-state index in [1.54, 1.807) is 21.3 Å². The Bertz CT molecular complexity index is 1080. The van der Waals surface area contributed by atoms with Crippen LogP contribution in [0.1, 0.15) is 30.0 Å². The van der Waals surface area contributed by atoms with Gasteiger partial charge in [0.25, 0.3) is 0 Å². The average Bonchev–Trinajstić information content (AvgIpc) is 3.21. The fraction of sp³-hybridized carbons (Fsp3) is 0.391. The van der Waals surface area contributed by atoms with Crippen LogP contribution in [-0.4, -0.2) is 38.8 Å². The fourth-order valence-corrected chi connectivity index (χ4v) is 5.17. The number of rotatable bonds is 3. The standard InChI is InChI=1S/C23H26N2O3/c1-26-13-6-7-14-15(9-13)16-10-20(27-2)21(28-3)11-17(16)22-18(14)12-25-8-4-5-19(25)23(22)24/h6-7,9-11,19,23H,4-5,8,12,24H2,1-3H3/t19-,23+/m1/s1. The third kappa shape index (κ3) is 2.39. The smallest absolute Gasteiger partial charge is 0.161 e. The number of benzene rings is 3. The van der Waals surface area contributed by atoms with Crippen LogP contribution in [-0.2, 0) is 6.54 Å². The summed E-state index contributed by atoms with van der Waals surface area (Å²) < 4.78 is 16.7. The second-order valence-corrected chi connectivity index (χ2v) is 7.76. The molecule has 5 heteroatoms. The third-order valence-electron chi connectivity index (χ3n) is 6.50. The lowest BCUT2D eigenvalue weighted by molar-refractivity contribution is 0.200. The molecular formula is C23H26N2O3. The predicted molar refractivity (Wildman–Crippen MR) is 111 cm³/mol. The molecule has 1 fully saturated rings. The van der Waals surface area contributed by atoms with Gasteiger partial charge in [0, 0.05) is 18.6 Å². The number of ether oxygens (including phenoxy) is 3. The van der Waals surface area contributed by atoms with Crippen LogP contribution < -0.4 is 19.9 Å². The molecule has 0 radical (unpaired) electrons. The van der Waals surface area contributed by atoms with Crippen molar-refractivity contribution in [2.75, 3.05) is 27.9 Å². The molecule has 0 unspecified atom stereocenters. The highest BCUT2D eigenvalue weighted by molar-refractivity contribution is 6.12. The van der Waals surface area contributed by atoms with Gasteiger partial charge in [-0.3, -0.25) is 4.90 Å². The molecule has 5 nitrogen and oxygen atoms in total. The maximum absolute atomic E-state index is 6.87. The second-order valence-electron chi connectivity index (χ2n) is 7.76. The Kier molecular flexibility index (Phi) is 4.11. The zero-order chi connectivity index (χ0) is 19.4. The first-order chi connectivity index (χ1) is 13.7. The fourth-order valence-electron chi connectivity index (χ4n) is 5.17. The van der Waals surface area contributed by atoms with E-state index in [-0.39, 0.29) is 6.04 Å². The molecule has 3 aromatic carbocycles. The Morgan fingerprint density at radius 3 is 2.32 bits per heavy atom. The highest BCUT2D eigenvalue weighted by atomic mass is 16.5. The molecule has 2 heterocycles. The Morgan fingerprint density at radius 2 is 1.61 bits per heavy atom. The van der Waals surface area contributed by atoms with Crippen LogP contribution in [0.15, 0.2) is 30.3 Å². The van der Waals surface area contributed by atoms with E-state index in [1.165, 1.54) is 28.3 Å². The van der Waals surface area contributed by atoms with Crippen LogP contribution in [0, 0.1) is 0 Å². The largest absolute Gasteiger partial charge is 0.497 e. The van der Waals surface area contributed by atoms with Crippen molar-refractivity contribution < 1.29 is 14.2 Å². The van der Waals surface area contributed by atoms with Crippen LogP contribution in [0.5, 0.6) is 17.2 Å². The van der Waals surface area contributed by atoms with Gasteiger partial charge < -0.3 is 19.9 Å². The topological polar surface area (TPSA) is 57.0 Å². The van der Waals surface area contributed by atoms with Crippen molar-refractivity contribution in [3.8, 4) is 17.2 Å². The molecule has 0 amide bonds. The molecule has 2 aliphatic heterocycles. The lowest BCUT2D eigenvalue weighted by Gasteiger charge is -2.38. The normalized spacial score (nSPS) is 21.6. The first kappa shape index (κ1) is 17.6. The Morgan fingerprint density at radius 1 is 0.893 bits per heavy atom. The van der Waals surface area contributed by atoms with E-state index in [9.17, 15) is 0 Å². The van der Waals surface area contributed by atoms with Crippen LogP contribution >= 0.6 is 0 Å². The number of hydrogen-bond acceptors (Lipinski definition) is 5. The van der Waals surface area contributed by atoms with Crippen molar-refractivity contribution in [1.82, 2.24) is 4.90 Å². The predicted octanol–water partition coefficient (Wildman–Crippen LogP) is 4.00. The molecule has 3 aromatic rings. The second kappa shape index (κ2) is 6.54. The number of fused-ring (bicyclic) bond motifs is 7. The molecule has 28 heavy (non-hydrogen) atoms. The summed E-state index contributed by atoms with van der Waals surface area (Å²) >= 11 is 0. The summed E-state index contributed by atoms with van der Waals surface area (Å²) in [5.74, 6) is 2.31. The van der Waals surface area contributed by atoms with Crippen molar-refractivity contribution in [2.45, 2.75) is 31.5 Å². The van der Waals surface area contributed by atoms with E-state index >= 15 is 0 Å². The molecule has 2 atom stereocenters. The van der Waals surface area contributed by atoms with Gasteiger partial charge in [0.1, 0.15) is 5.75 Å². The molecule has 0 spiro atoms. The van der Waals surface area contributed by atoms with Gasteiger partial charge >= 0.3 is 0 Å². The monoisotopic (exact) mass is 378 g/mol. The summed E-state index contributed by atoms with van der Waals surface area (Å²) in [7, 11) is 5.06. The SMILES string of the molecule is COc1ccc2c3c(c4cc(OC)c(OC)cc4c2c1)[C@@H](N)[C@H]1CCCN1C3. The molecular weight excluding hydrogens is 352 g/mol. The molecule has 2 N–H and O–H groups in total. The van der Waals surface area contributed by atoms with Gasteiger partial charge in [0.2, 0.25) is 0 Å². The lowest BCUT2D eigenvalue weighted by Crippen LogP contribution is -2.42. The van der Waals surface area contributed by atoms with Crippen molar-refractivity contribution in [2.24, 2.45) is 5.73 Å². The van der Waals surface area contributed by atoms with Gasteiger partial charge in [-0.15, -0.1) is 0 Å². The molecule has 1 saturated heterocycles. The number of nitrogens with two attached hydrogens (primary N) is 1. The minimum atomic E-state index is -0.00153. The highest BCUT2D eigenvalue weighted by Crippen LogP contribution is 2.46. The maximum atomic E-state index is 6.87. The molecule has 146 valence electrons. The zero-order valence-corrected chi connectivity index (χ0v) is 16.6. The zero-order valence-electron chi connectivity index (χ0n) is 16.6. The lowest BCUT2D eigenvalue weighted by atomic mass is 9.82. The average molecular weight is 378 g/mol. The van der Waals surface area contributed by atoms with Gasteiger partial charge in [-0.25, -0.2) is 0 Å². The number of hydrogen-bond donors (Lipinski definition) is 1. The highest BCUT2D eigenvalue weighted by Gasteiger charge is 2.38. The number of nitrogens with zero attached hydrogens (tertiary/aromatic N) is 1. The van der Waals surface area contributed by atoms with Crippen LogP contribution in [0.25, 0.3) is 21.5 Å². The van der Waals surface area contributed by atoms with E-state index < -0.39 is 0 Å².